The Labute approximate surface area is 145 Å². The molecule has 1 aliphatic heterocycles. The van der Waals surface area contributed by atoms with Crippen LogP contribution in [0.15, 0.2) is 0 Å². The number of ether oxygens (including phenoxy) is 1. The van der Waals surface area contributed by atoms with Crippen molar-refractivity contribution >= 4 is 58.2 Å². The molecule has 1 heterocycles. The normalized spacial score (nSPS) is 17.6. The van der Waals surface area contributed by atoms with Gasteiger partial charge in [0.05, 0.1) is 6.61 Å². The number of nitrogens with zero attached hydrogens (tertiary/aromatic N) is 1. The molecule has 1 atom stereocenters. The number of nitrogens with one attached hydrogen (secondary N) is 2. The monoisotopic (exact) mass is 375 g/mol. The minimum absolute atomic E-state index is 0.231. The molecule has 0 aromatic heterocycles. The van der Waals surface area contributed by atoms with Crippen LogP contribution in [0, 0.1) is 0 Å². The Morgan fingerprint density at radius 3 is 2.29 bits per heavy atom. The first-order valence-electron chi connectivity index (χ1n) is 6.90. The van der Waals surface area contributed by atoms with E-state index >= 15 is 0 Å². The van der Waals surface area contributed by atoms with E-state index in [9.17, 15) is 4.79 Å². The van der Waals surface area contributed by atoms with E-state index in [1.165, 1.54) is 12.8 Å². The number of alkyl carbamates (subject to hydrolysis) is 1. The molecule has 2 N–H and O–H groups in total. The minimum Gasteiger partial charge on any atom is -0.450 e. The molecular formula is C12H20Cl3N3O2S. The summed E-state index contributed by atoms with van der Waals surface area (Å²) in [5.41, 5.74) is 0. The molecule has 9 heteroatoms. The molecule has 122 valence electrons. The smallest absolute Gasteiger partial charge is 0.408 e. The summed E-state index contributed by atoms with van der Waals surface area (Å²) in [5, 5.41) is 5.82. The van der Waals surface area contributed by atoms with Crippen LogP contribution in [0.5, 0.6) is 0 Å². The van der Waals surface area contributed by atoms with E-state index in [1.54, 1.807) is 6.92 Å². The largest absolute Gasteiger partial charge is 0.450 e. The predicted octanol–water partition coefficient (Wildman–Crippen LogP) is 3.18. The second kappa shape index (κ2) is 9.08. The summed E-state index contributed by atoms with van der Waals surface area (Å²) >= 11 is 23.0. The number of thiocarbonyl (C=S) groups is 1. The van der Waals surface area contributed by atoms with Crippen LogP contribution in [-0.4, -0.2) is 45.8 Å². The van der Waals surface area contributed by atoms with Gasteiger partial charge in [0.15, 0.2) is 11.3 Å². The standard InChI is InChI=1S/C12H20Cl3N3O2S/c1-2-20-11(19)17-9(12(13,14)15)16-10(21)18-7-5-3-4-6-8-18/h9H,2-8H2,1H3,(H,16,21)(H,17,19). The molecule has 1 aliphatic rings. The van der Waals surface area contributed by atoms with Crippen molar-refractivity contribution in [3.05, 3.63) is 0 Å². The van der Waals surface area contributed by atoms with Crippen LogP contribution in [0.2, 0.25) is 0 Å². The van der Waals surface area contributed by atoms with Gasteiger partial charge in [0.1, 0.15) is 0 Å². The summed E-state index contributed by atoms with van der Waals surface area (Å²) in [7, 11) is 0. The Balaban J connectivity index is 2.62. The maximum absolute atomic E-state index is 11.5. The van der Waals surface area contributed by atoms with Gasteiger partial charge >= 0.3 is 6.09 Å². The highest BCUT2D eigenvalue weighted by atomic mass is 35.6. The summed E-state index contributed by atoms with van der Waals surface area (Å²) in [6, 6.07) is 0. The van der Waals surface area contributed by atoms with Gasteiger partial charge < -0.3 is 15.0 Å². The van der Waals surface area contributed by atoms with Crippen molar-refractivity contribution in [3.63, 3.8) is 0 Å². The van der Waals surface area contributed by atoms with Crippen molar-refractivity contribution in [2.45, 2.75) is 42.6 Å². The second-order valence-corrected chi connectivity index (χ2v) is 7.45. The summed E-state index contributed by atoms with van der Waals surface area (Å²) in [4.78, 5) is 13.5. The average molecular weight is 377 g/mol. The Morgan fingerprint density at radius 1 is 1.24 bits per heavy atom. The number of likely N-dealkylation sites (tertiary alicyclic amines) is 1. The van der Waals surface area contributed by atoms with Crippen molar-refractivity contribution < 1.29 is 9.53 Å². The third kappa shape index (κ3) is 7.08. The third-order valence-electron chi connectivity index (χ3n) is 3.03. The molecule has 0 aromatic rings. The molecule has 1 saturated heterocycles. The highest BCUT2D eigenvalue weighted by Crippen LogP contribution is 2.29. The van der Waals surface area contributed by atoms with Crippen molar-refractivity contribution in [2.24, 2.45) is 0 Å². The van der Waals surface area contributed by atoms with E-state index in [0.29, 0.717) is 5.11 Å². The van der Waals surface area contributed by atoms with Gasteiger partial charge in [-0.05, 0) is 32.0 Å². The summed E-state index contributed by atoms with van der Waals surface area (Å²) < 4.78 is 3.04. The average Bonchev–Trinajstić information content (AvgIpc) is 2.65. The lowest BCUT2D eigenvalue weighted by Gasteiger charge is -2.31. The van der Waals surface area contributed by atoms with Gasteiger partial charge in [0.2, 0.25) is 3.79 Å². The molecule has 0 aliphatic carbocycles. The lowest BCUT2D eigenvalue weighted by Crippen LogP contribution is -2.58. The number of alkyl halides is 3. The number of amides is 1. The van der Waals surface area contributed by atoms with E-state index in [2.05, 4.69) is 10.6 Å². The van der Waals surface area contributed by atoms with E-state index < -0.39 is 16.1 Å². The molecule has 0 spiro atoms. The lowest BCUT2D eigenvalue weighted by molar-refractivity contribution is 0.147. The Bertz CT molecular complexity index is 358. The molecule has 1 amide bonds. The Kier molecular flexibility index (Phi) is 8.16. The maximum atomic E-state index is 11.5. The third-order valence-corrected chi connectivity index (χ3v) is 4.06. The molecule has 1 rings (SSSR count). The van der Waals surface area contributed by atoms with Gasteiger partial charge in [-0.15, -0.1) is 0 Å². The summed E-state index contributed by atoms with van der Waals surface area (Å²) in [5.74, 6) is 0. The molecule has 0 aromatic carbocycles. The van der Waals surface area contributed by atoms with Gasteiger partial charge in [0.25, 0.3) is 0 Å². The Morgan fingerprint density at radius 2 is 1.81 bits per heavy atom. The zero-order chi connectivity index (χ0) is 15.9. The van der Waals surface area contributed by atoms with E-state index in [0.717, 1.165) is 25.9 Å². The molecule has 0 saturated carbocycles. The lowest BCUT2D eigenvalue weighted by atomic mass is 10.2. The fourth-order valence-electron chi connectivity index (χ4n) is 1.98. The molecule has 1 unspecified atom stereocenters. The Hall–Kier alpha value is -0.170. The van der Waals surface area contributed by atoms with Crippen molar-refractivity contribution in [2.75, 3.05) is 19.7 Å². The van der Waals surface area contributed by atoms with Gasteiger partial charge in [0, 0.05) is 13.1 Å². The summed E-state index contributed by atoms with van der Waals surface area (Å²) in [6.07, 6.45) is 2.90. The molecule has 0 bridgehead atoms. The van der Waals surface area contributed by atoms with Crippen LogP contribution in [0.25, 0.3) is 0 Å². The van der Waals surface area contributed by atoms with Crippen molar-refractivity contribution in [1.82, 2.24) is 15.5 Å². The number of hydrogen-bond acceptors (Lipinski definition) is 3. The number of carbonyl (C=O) groups excluding carboxylic acids is 1. The SMILES string of the molecule is CCOC(=O)NC(NC(=S)N1CCCCCC1)C(Cl)(Cl)Cl. The van der Waals surface area contributed by atoms with Gasteiger partial charge in [-0.1, -0.05) is 47.6 Å². The zero-order valence-electron chi connectivity index (χ0n) is 11.8. The molecule has 5 nitrogen and oxygen atoms in total. The fraction of sp³-hybridized carbons (Fsp3) is 0.833. The van der Waals surface area contributed by atoms with Gasteiger partial charge in [-0.3, -0.25) is 5.32 Å². The first kappa shape index (κ1) is 18.9. The van der Waals surface area contributed by atoms with E-state index in [1.807, 2.05) is 4.90 Å². The molecule has 0 radical (unpaired) electrons. The minimum atomic E-state index is -1.75. The topological polar surface area (TPSA) is 53.6 Å². The molecular weight excluding hydrogens is 357 g/mol. The first-order chi connectivity index (χ1) is 9.84. The number of halogens is 3. The summed E-state index contributed by atoms with van der Waals surface area (Å²) in [6.45, 7) is 3.64. The zero-order valence-corrected chi connectivity index (χ0v) is 14.9. The fourth-order valence-corrected chi connectivity index (χ4v) is 2.61. The molecule has 1 fully saturated rings. The number of hydrogen-bond donors (Lipinski definition) is 2. The number of rotatable bonds is 3. The van der Waals surface area contributed by atoms with Gasteiger partial charge in [-0.25, -0.2) is 4.79 Å². The van der Waals surface area contributed by atoms with Crippen LogP contribution in [-0.2, 0) is 4.74 Å². The quantitative estimate of drug-likeness (QED) is 0.450. The highest BCUT2D eigenvalue weighted by molar-refractivity contribution is 7.80. The van der Waals surface area contributed by atoms with Crippen molar-refractivity contribution in [1.29, 1.82) is 0 Å². The van der Waals surface area contributed by atoms with Crippen LogP contribution in [0.1, 0.15) is 32.6 Å². The first-order valence-corrected chi connectivity index (χ1v) is 8.44. The highest BCUT2D eigenvalue weighted by Gasteiger charge is 2.35. The van der Waals surface area contributed by atoms with E-state index in [-0.39, 0.29) is 6.61 Å². The van der Waals surface area contributed by atoms with E-state index in [4.69, 9.17) is 51.8 Å². The van der Waals surface area contributed by atoms with Crippen LogP contribution >= 0.6 is 47.0 Å². The predicted molar refractivity (Wildman–Crippen MR) is 90.0 cm³/mol. The van der Waals surface area contributed by atoms with Crippen LogP contribution in [0.4, 0.5) is 4.79 Å². The van der Waals surface area contributed by atoms with Crippen LogP contribution in [0.3, 0.4) is 0 Å². The van der Waals surface area contributed by atoms with Crippen LogP contribution < -0.4 is 10.6 Å². The van der Waals surface area contributed by atoms with Gasteiger partial charge in [-0.2, -0.15) is 0 Å². The molecule has 21 heavy (non-hydrogen) atoms. The second-order valence-electron chi connectivity index (χ2n) is 4.69. The maximum Gasteiger partial charge on any atom is 0.408 e. The van der Waals surface area contributed by atoms with Crippen molar-refractivity contribution in [3.8, 4) is 0 Å². The number of carbonyl (C=O) groups is 1.